The van der Waals surface area contributed by atoms with Crippen LogP contribution in [0.3, 0.4) is 0 Å². The van der Waals surface area contributed by atoms with Crippen molar-refractivity contribution < 1.29 is 9.18 Å². The van der Waals surface area contributed by atoms with Gasteiger partial charge in [-0.05, 0) is 42.5 Å². The predicted molar refractivity (Wildman–Crippen MR) is 102 cm³/mol. The maximum atomic E-state index is 13.3. The summed E-state index contributed by atoms with van der Waals surface area (Å²) in [6.45, 7) is 0. The summed E-state index contributed by atoms with van der Waals surface area (Å²) in [6.07, 6.45) is 2.98. The third-order valence-corrected chi connectivity index (χ3v) is 4.30. The summed E-state index contributed by atoms with van der Waals surface area (Å²) in [6, 6.07) is 16.9. The Bertz CT molecular complexity index is 1110. The zero-order chi connectivity index (χ0) is 18.8. The number of carbonyl (C=O) groups is 1. The Morgan fingerprint density at radius 1 is 1.04 bits per heavy atom. The van der Waals surface area contributed by atoms with Gasteiger partial charge >= 0.3 is 0 Å². The first-order valence-electron chi connectivity index (χ1n) is 8.33. The van der Waals surface area contributed by atoms with E-state index in [1.165, 1.54) is 23.4 Å². The Hall–Kier alpha value is -3.67. The summed E-state index contributed by atoms with van der Waals surface area (Å²) >= 11 is 0. The number of halogens is 1. The van der Waals surface area contributed by atoms with Crippen molar-refractivity contribution in [2.45, 2.75) is 0 Å². The predicted octanol–water partition coefficient (Wildman–Crippen LogP) is 4.11. The normalized spacial score (nSPS) is 10.7. The molecule has 0 atom stereocenters. The molecule has 27 heavy (non-hydrogen) atoms. The van der Waals surface area contributed by atoms with Crippen molar-refractivity contribution in [1.82, 2.24) is 15.0 Å². The van der Waals surface area contributed by atoms with Gasteiger partial charge in [0, 0.05) is 24.2 Å². The van der Waals surface area contributed by atoms with Crippen LogP contribution >= 0.6 is 0 Å². The standard InChI is InChI=1S/C21H15FN4O/c1-26(20-10-11-23-13-24-20)21(27)17-12-19(14-6-8-15(22)9-7-14)25-18-5-3-2-4-16(17)18/h2-13H,1H3. The lowest BCUT2D eigenvalue weighted by atomic mass is 10.0. The molecule has 2 aromatic heterocycles. The van der Waals surface area contributed by atoms with Crippen molar-refractivity contribution >= 4 is 22.6 Å². The lowest BCUT2D eigenvalue weighted by molar-refractivity contribution is 0.0994. The van der Waals surface area contributed by atoms with Gasteiger partial charge in [0.2, 0.25) is 0 Å². The molecule has 132 valence electrons. The number of rotatable bonds is 3. The van der Waals surface area contributed by atoms with E-state index in [1.54, 1.807) is 37.5 Å². The molecule has 4 rings (SSSR count). The van der Waals surface area contributed by atoms with Crippen molar-refractivity contribution in [2.24, 2.45) is 0 Å². The lowest BCUT2D eigenvalue weighted by Crippen LogP contribution is -2.27. The van der Waals surface area contributed by atoms with E-state index < -0.39 is 0 Å². The van der Waals surface area contributed by atoms with E-state index in [0.29, 0.717) is 22.6 Å². The second-order valence-corrected chi connectivity index (χ2v) is 6.01. The van der Waals surface area contributed by atoms with Crippen LogP contribution in [0.4, 0.5) is 10.2 Å². The first-order chi connectivity index (χ1) is 13.1. The van der Waals surface area contributed by atoms with Gasteiger partial charge in [-0.15, -0.1) is 0 Å². The van der Waals surface area contributed by atoms with E-state index in [-0.39, 0.29) is 11.7 Å². The van der Waals surface area contributed by atoms with Gasteiger partial charge in [-0.3, -0.25) is 9.69 Å². The Kier molecular flexibility index (Phi) is 4.30. The monoisotopic (exact) mass is 358 g/mol. The molecule has 5 nitrogen and oxygen atoms in total. The number of para-hydroxylation sites is 1. The number of fused-ring (bicyclic) bond motifs is 1. The molecule has 0 aliphatic rings. The van der Waals surface area contributed by atoms with Crippen LogP contribution in [-0.2, 0) is 0 Å². The number of carbonyl (C=O) groups excluding carboxylic acids is 1. The van der Waals surface area contributed by atoms with E-state index in [9.17, 15) is 9.18 Å². The van der Waals surface area contributed by atoms with Gasteiger partial charge in [0.15, 0.2) is 0 Å². The average Bonchev–Trinajstić information content (AvgIpc) is 2.73. The highest BCUT2D eigenvalue weighted by molar-refractivity contribution is 6.13. The first-order valence-corrected chi connectivity index (χ1v) is 8.33. The number of hydrogen-bond acceptors (Lipinski definition) is 4. The van der Waals surface area contributed by atoms with Gasteiger partial charge in [0.25, 0.3) is 5.91 Å². The molecule has 0 N–H and O–H groups in total. The minimum absolute atomic E-state index is 0.212. The molecule has 0 bridgehead atoms. The topological polar surface area (TPSA) is 59.0 Å². The number of hydrogen-bond donors (Lipinski definition) is 0. The third kappa shape index (κ3) is 3.25. The maximum absolute atomic E-state index is 13.3. The maximum Gasteiger partial charge on any atom is 0.259 e. The van der Waals surface area contributed by atoms with Crippen molar-refractivity contribution in [3.8, 4) is 11.3 Å². The summed E-state index contributed by atoms with van der Waals surface area (Å²) in [5.74, 6) is -0.0331. The highest BCUT2D eigenvalue weighted by atomic mass is 19.1. The largest absolute Gasteiger partial charge is 0.296 e. The smallest absolute Gasteiger partial charge is 0.259 e. The van der Waals surface area contributed by atoms with Crippen LogP contribution in [-0.4, -0.2) is 27.9 Å². The molecule has 2 heterocycles. The second-order valence-electron chi connectivity index (χ2n) is 6.01. The van der Waals surface area contributed by atoms with Gasteiger partial charge in [-0.25, -0.2) is 19.3 Å². The van der Waals surface area contributed by atoms with Crippen molar-refractivity contribution in [2.75, 3.05) is 11.9 Å². The van der Waals surface area contributed by atoms with Gasteiger partial charge in [-0.1, -0.05) is 18.2 Å². The van der Waals surface area contributed by atoms with E-state index in [1.807, 2.05) is 24.3 Å². The van der Waals surface area contributed by atoms with Gasteiger partial charge in [-0.2, -0.15) is 0 Å². The van der Waals surface area contributed by atoms with Crippen LogP contribution < -0.4 is 4.90 Å². The minimum Gasteiger partial charge on any atom is -0.296 e. The quantitative estimate of drug-likeness (QED) is 0.553. The fourth-order valence-electron chi connectivity index (χ4n) is 2.89. The zero-order valence-electron chi connectivity index (χ0n) is 14.5. The van der Waals surface area contributed by atoms with E-state index >= 15 is 0 Å². The van der Waals surface area contributed by atoms with Crippen molar-refractivity contribution in [3.05, 3.63) is 84.6 Å². The van der Waals surface area contributed by atoms with E-state index in [4.69, 9.17) is 0 Å². The molecule has 0 unspecified atom stereocenters. The molecular formula is C21H15FN4O. The van der Waals surface area contributed by atoms with E-state index in [0.717, 1.165) is 10.9 Å². The number of benzene rings is 2. The highest BCUT2D eigenvalue weighted by Gasteiger charge is 2.19. The van der Waals surface area contributed by atoms with Crippen molar-refractivity contribution in [3.63, 3.8) is 0 Å². The molecule has 6 heteroatoms. The molecular weight excluding hydrogens is 343 g/mol. The van der Waals surface area contributed by atoms with Crippen LogP contribution in [0.15, 0.2) is 73.2 Å². The summed E-state index contributed by atoms with van der Waals surface area (Å²) < 4.78 is 13.3. The van der Waals surface area contributed by atoms with Gasteiger partial charge in [0.1, 0.15) is 18.0 Å². The molecule has 4 aromatic rings. The first kappa shape index (κ1) is 16.8. The van der Waals surface area contributed by atoms with Crippen LogP contribution in [0, 0.1) is 5.82 Å². The minimum atomic E-state index is -0.320. The molecule has 0 aliphatic carbocycles. The van der Waals surface area contributed by atoms with Crippen LogP contribution in [0.5, 0.6) is 0 Å². The summed E-state index contributed by atoms with van der Waals surface area (Å²) in [7, 11) is 1.66. The second kappa shape index (κ2) is 6.92. The Labute approximate surface area is 155 Å². The summed E-state index contributed by atoms with van der Waals surface area (Å²) in [5, 5.41) is 0.745. The molecule has 2 aromatic carbocycles. The van der Waals surface area contributed by atoms with Crippen LogP contribution in [0.25, 0.3) is 22.2 Å². The van der Waals surface area contributed by atoms with Crippen molar-refractivity contribution in [1.29, 1.82) is 0 Å². The molecule has 0 radical (unpaired) electrons. The van der Waals surface area contributed by atoms with Gasteiger partial charge in [0.05, 0.1) is 16.8 Å². The lowest BCUT2D eigenvalue weighted by Gasteiger charge is -2.17. The number of pyridine rings is 1. The molecule has 0 aliphatic heterocycles. The highest BCUT2D eigenvalue weighted by Crippen LogP contribution is 2.26. The molecule has 0 saturated carbocycles. The van der Waals surface area contributed by atoms with Crippen LogP contribution in [0.1, 0.15) is 10.4 Å². The number of aromatic nitrogens is 3. The average molecular weight is 358 g/mol. The molecule has 0 fully saturated rings. The fourth-order valence-corrected chi connectivity index (χ4v) is 2.89. The molecule has 0 spiro atoms. The van der Waals surface area contributed by atoms with E-state index in [2.05, 4.69) is 15.0 Å². The molecule has 1 amide bonds. The number of amides is 1. The Balaban J connectivity index is 1.86. The Morgan fingerprint density at radius 2 is 1.81 bits per heavy atom. The number of nitrogens with zero attached hydrogens (tertiary/aromatic N) is 4. The summed E-state index contributed by atoms with van der Waals surface area (Å²) in [5.41, 5.74) is 2.54. The fraction of sp³-hybridized carbons (Fsp3) is 0.0476. The Morgan fingerprint density at radius 3 is 2.56 bits per heavy atom. The molecule has 0 saturated heterocycles. The third-order valence-electron chi connectivity index (χ3n) is 4.30. The van der Waals surface area contributed by atoms with Crippen LogP contribution in [0.2, 0.25) is 0 Å². The SMILES string of the molecule is CN(C(=O)c1cc(-c2ccc(F)cc2)nc2ccccc12)c1ccncn1. The number of anilines is 1. The zero-order valence-corrected chi connectivity index (χ0v) is 14.5. The summed E-state index contributed by atoms with van der Waals surface area (Å²) in [4.78, 5) is 27.3. The van der Waals surface area contributed by atoms with Gasteiger partial charge < -0.3 is 0 Å².